The van der Waals surface area contributed by atoms with Gasteiger partial charge in [0.05, 0.1) is 12.6 Å². The van der Waals surface area contributed by atoms with Gasteiger partial charge < -0.3 is 14.6 Å². The van der Waals surface area contributed by atoms with E-state index in [0.717, 1.165) is 35.0 Å². The number of hydrogen-bond acceptors (Lipinski definition) is 4. The molecule has 2 aliphatic heterocycles. The van der Waals surface area contributed by atoms with Crippen molar-refractivity contribution >= 4 is 31.9 Å². The number of benzene rings is 1. The summed E-state index contributed by atoms with van der Waals surface area (Å²) in [6.07, 6.45) is 4.97. The van der Waals surface area contributed by atoms with Crippen molar-refractivity contribution in [1.82, 2.24) is 14.2 Å². The van der Waals surface area contributed by atoms with Crippen molar-refractivity contribution in [2.45, 2.75) is 36.6 Å². The minimum atomic E-state index is -3.58. The van der Waals surface area contributed by atoms with Gasteiger partial charge in [0.2, 0.25) is 10.0 Å². The lowest BCUT2D eigenvalue weighted by Gasteiger charge is -2.27. The van der Waals surface area contributed by atoms with Crippen LogP contribution in [0.5, 0.6) is 5.75 Å². The second kappa shape index (κ2) is 8.12. The van der Waals surface area contributed by atoms with E-state index in [2.05, 4.69) is 21.2 Å². The maximum absolute atomic E-state index is 13.0. The van der Waals surface area contributed by atoms with Gasteiger partial charge >= 0.3 is 0 Å². The normalized spacial score (nSPS) is 20.0. The number of amides is 1. The summed E-state index contributed by atoms with van der Waals surface area (Å²) in [7, 11) is -1.89. The number of halogens is 1. The van der Waals surface area contributed by atoms with Gasteiger partial charge in [0.25, 0.3) is 5.91 Å². The number of nitrogens with zero attached hydrogens (tertiary/aromatic N) is 2. The van der Waals surface area contributed by atoms with Gasteiger partial charge in [-0.25, -0.2) is 8.42 Å². The van der Waals surface area contributed by atoms with E-state index in [1.165, 1.54) is 16.6 Å². The highest BCUT2D eigenvalue weighted by molar-refractivity contribution is 9.10. The molecule has 2 aliphatic rings. The monoisotopic (exact) mass is 481 g/mol. The number of hydrogen-bond donors (Lipinski definition) is 1. The van der Waals surface area contributed by atoms with E-state index in [9.17, 15) is 13.2 Å². The fraction of sp³-hybridized carbons (Fsp3) is 0.450. The molecule has 0 saturated carbocycles. The zero-order valence-corrected chi connectivity index (χ0v) is 18.6. The molecule has 4 rings (SSSR count). The number of aryl methyl sites for hydroxylation is 1. The molecule has 1 saturated heterocycles. The standard InChI is InChI=1S/C20H24BrN3O4S/c1-23-13-15(29(26,27)24-8-3-2-4-9-24)12-18(23)20(25)22-17-7-10-28-19-6-5-14(21)11-16(17)19/h5-6,11-13,17H,2-4,7-10H2,1H3,(H,22,25). The lowest BCUT2D eigenvalue weighted by Crippen LogP contribution is -2.35. The van der Waals surface area contributed by atoms with Crippen LogP contribution in [0.15, 0.2) is 39.8 Å². The quantitative estimate of drug-likeness (QED) is 0.726. The summed E-state index contributed by atoms with van der Waals surface area (Å²) < 4.78 is 35.5. The molecule has 1 aromatic heterocycles. The van der Waals surface area contributed by atoms with Crippen LogP contribution in [0.25, 0.3) is 0 Å². The first-order valence-corrected chi connectivity index (χ1v) is 12.0. The van der Waals surface area contributed by atoms with Crippen LogP contribution in [0.1, 0.15) is 47.8 Å². The summed E-state index contributed by atoms with van der Waals surface area (Å²) in [5.41, 5.74) is 1.23. The topological polar surface area (TPSA) is 80.6 Å². The molecule has 1 fully saturated rings. The van der Waals surface area contributed by atoms with Crippen molar-refractivity contribution in [2.75, 3.05) is 19.7 Å². The molecular weight excluding hydrogens is 458 g/mol. The molecule has 1 aromatic carbocycles. The fourth-order valence-electron chi connectivity index (χ4n) is 3.90. The number of aromatic nitrogens is 1. The van der Waals surface area contributed by atoms with Crippen molar-refractivity contribution in [1.29, 1.82) is 0 Å². The second-order valence-corrected chi connectivity index (χ2v) is 10.3. The Bertz CT molecular complexity index is 1030. The van der Waals surface area contributed by atoms with Gasteiger partial charge in [0.1, 0.15) is 16.3 Å². The van der Waals surface area contributed by atoms with Crippen LogP contribution in [0, 0.1) is 0 Å². The molecule has 1 atom stereocenters. The first-order valence-electron chi connectivity index (χ1n) is 9.76. The molecule has 2 aromatic rings. The van der Waals surface area contributed by atoms with Crippen LogP contribution >= 0.6 is 15.9 Å². The van der Waals surface area contributed by atoms with Gasteiger partial charge in [-0.1, -0.05) is 22.4 Å². The lowest BCUT2D eigenvalue weighted by atomic mass is 10.0. The molecule has 3 heterocycles. The Balaban J connectivity index is 1.56. The Morgan fingerprint density at radius 2 is 1.97 bits per heavy atom. The first kappa shape index (κ1) is 20.4. The van der Waals surface area contributed by atoms with E-state index in [0.29, 0.717) is 31.8 Å². The number of nitrogens with one attached hydrogen (secondary N) is 1. The fourth-order valence-corrected chi connectivity index (χ4v) is 5.87. The molecule has 0 aliphatic carbocycles. The summed E-state index contributed by atoms with van der Waals surface area (Å²) in [5.74, 6) is 0.454. The third-order valence-corrected chi connectivity index (χ3v) is 7.84. The van der Waals surface area contributed by atoms with Gasteiger partial charge in [-0.3, -0.25) is 4.79 Å². The Morgan fingerprint density at radius 1 is 1.21 bits per heavy atom. The van der Waals surface area contributed by atoms with Gasteiger partial charge in [-0.2, -0.15) is 4.31 Å². The number of sulfonamides is 1. The molecule has 1 unspecified atom stereocenters. The average Bonchev–Trinajstić information content (AvgIpc) is 3.12. The number of rotatable bonds is 4. The van der Waals surface area contributed by atoms with Crippen molar-refractivity contribution in [3.8, 4) is 5.75 Å². The number of fused-ring (bicyclic) bond motifs is 1. The van der Waals surface area contributed by atoms with Crippen molar-refractivity contribution < 1.29 is 17.9 Å². The van der Waals surface area contributed by atoms with Crippen LogP contribution in [0.4, 0.5) is 0 Å². The molecule has 29 heavy (non-hydrogen) atoms. The van der Waals surface area contributed by atoms with E-state index in [4.69, 9.17) is 4.74 Å². The highest BCUT2D eigenvalue weighted by Crippen LogP contribution is 2.34. The predicted molar refractivity (Wildman–Crippen MR) is 112 cm³/mol. The van der Waals surface area contributed by atoms with Gasteiger partial charge in [0, 0.05) is 42.8 Å². The smallest absolute Gasteiger partial charge is 0.268 e. The summed E-state index contributed by atoms with van der Waals surface area (Å²) >= 11 is 3.46. The first-order chi connectivity index (χ1) is 13.9. The van der Waals surface area contributed by atoms with Crippen molar-refractivity contribution in [2.24, 2.45) is 7.05 Å². The van der Waals surface area contributed by atoms with Crippen LogP contribution in [0.2, 0.25) is 0 Å². The van der Waals surface area contributed by atoms with Crippen LogP contribution < -0.4 is 10.1 Å². The number of piperidine rings is 1. The molecule has 9 heteroatoms. The van der Waals surface area contributed by atoms with E-state index < -0.39 is 10.0 Å². The zero-order chi connectivity index (χ0) is 20.6. The third kappa shape index (κ3) is 4.08. The minimum Gasteiger partial charge on any atom is -0.493 e. The molecule has 156 valence electrons. The Morgan fingerprint density at radius 3 is 2.72 bits per heavy atom. The summed E-state index contributed by atoms with van der Waals surface area (Å²) in [6.45, 7) is 1.58. The highest BCUT2D eigenvalue weighted by Gasteiger charge is 2.30. The molecule has 0 spiro atoms. The molecule has 7 nitrogen and oxygen atoms in total. The minimum absolute atomic E-state index is 0.169. The molecule has 1 N–H and O–H groups in total. The Labute approximate surface area is 179 Å². The average molecular weight is 482 g/mol. The molecule has 1 amide bonds. The van der Waals surface area contributed by atoms with Crippen molar-refractivity contribution in [3.05, 3.63) is 46.2 Å². The van der Waals surface area contributed by atoms with Crippen LogP contribution in [-0.2, 0) is 17.1 Å². The molecule has 0 bridgehead atoms. The van der Waals surface area contributed by atoms with Gasteiger partial charge in [0.15, 0.2) is 0 Å². The number of carbonyl (C=O) groups is 1. The van der Waals surface area contributed by atoms with E-state index in [1.54, 1.807) is 11.6 Å². The zero-order valence-electron chi connectivity index (χ0n) is 16.2. The predicted octanol–water partition coefficient (Wildman–Crippen LogP) is 3.22. The summed E-state index contributed by atoms with van der Waals surface area (Å²) in [4.78, 5) is 13.1. The summed E-state index contributed by atoms with van der Waals surface area (Å²) in [6, 6.07) is 7.00. The lowest BCUT2D eigenvalue weighted by molar-refractivity contribution is 0.0916. The SMILES string of the molecule is Cn1cc(S(=O)(=O)N2CCCCC2)cc1C(=O)NC1CCOc2ccc(Br)cc21. The number of ether oxygens (including phenoxy) is 1. The maximum Gasteiger partial charge on any atom is 0.268 e. The van der Waals surface area contributed by atoms with Gasteiger partial charge in [-0.05, 0) is 37.1 Å². The van der Waals surface area contributed by atoms with E-state index in [1.807, 2.05) is 18.2 Å². The molecular formula is C20H24BrN3O4S. The Hall–Kier alpha value is -1.84. The highest BCUT2D eigenvalue weighted by atomic mass is 79.9. The van der Waals surface area contributed by atoms with Gasteiger partial charge in [-0.15, -0.1) is 0 Å². The Kier molecular flexibility index (Phi) is 5.72. The maximum atomic E-state index is 13.0. The van der Waals surface area contributed by atoms with Crippen molar-refractivity contribution in [3.63, 3.8) is 0 Å². The number of carbonyl (C=O) groups excluding carboxylic acids is 1. The summed E-state index contributed by atoms with van der Waals surface area (Å²) in [5, 5.41) is 3.03. The third-order valence-electron chi connectivity index (χ3n) is 5.48. The largest absolute Gasteiger partial charge is 0.493 e. The van der Waals surface area contributed by atoms with Crippen LogP contribution in [0.3, 0.4) is 0 Å². The molecule has 0 radical (unpaired) electrons. The van der Waals surface area contributed by atoms with Crippen LogP contribution in [-0.4, -0.2) is 42.9 Å². The van der Waals surface area contributed by atoms with E-state index >= 15 is 0 Å². The van der Waals surface area contributed by atoms with E-state index in [-0.39, 0.29) is 16.8 Å². The second-order valence-electron chi connectivity index (χ2n) is 7.48.